The molecule has 11 heteroatoms. The van der Waals surface area contributed by atoms with E-state index in [2.05, 4.69) is 24.9 Å². The number of halogens is 5. The summed E-state index contributed by atoms with van der Waals surface area (Å²) in [6, 6.07) is 9.71. The number of nitrogens with zero attached hydrogens (tertiary/aromatic N) is 3. The lowest BCUT2D eigenvalue weighted by Gasteiger charge is -2.30. The third kappa shape index (κ3) is 3.15. The van der Waals surface area contributed by atoms with Gasteiger partial charge in [-0.1, -0.05) is 22.9 Å². The predicted octanol–water partition coefficient (Wildman–Crippen LogP) is 4.67. The molecule has 0 atom stereocenters. The molecule has 1 N–H and O–H groups in total. The van der Waals surface area contributed by atoms with Gasteiger partial charge in [-0.05, 0) is 41.5 Å². The van der Waals surface area contributed by atoms with Crippen molar-refractivity contribution in [3.05, 3.63) is 52.7 Å². The van der Waals surface area contributed by atoms with Gasteiger partial charge in [0.25, 0.3) is 0 Å². The molecule has 2 heterocycles. The Kier molecular flexibility index (Phi) is 4.02. The number of fused-ring (bicyclic) bond motifs is 1. The van der Waals surface area contributed by atoms with E-state index in [-0.39, 0.29) is 22.0 Å². The van der Waals surface area contributed by atoms with Crippen LogP contribution in [0.4, 0.5) is 17.6 Å². The van der Waals surface area contributed by atoms with Crippen molar-refractivity contribution in [2.45, 2.75) is 12.4 Å². The Morgan fingerprint density at radius 2 is 1.79 bits per heavy atom. The zero-order valence-corrected chi connectivity index (χ0v) is 14.3. The van der Waals surface area contributed by atoms with Gasteiger partial charge in [-0.15, -0.1) is 13.9 Å². The number of benzene rings is 2. The molecule has 0 fully saturated rings. The van der Waals surface area contributed by atoms with Crippen molar-refractivity contribution in [1.82, 2.24) is 15.4 Å². The molecule has 0 bridgehead atoms. The average molecular weight is 411 g/mol. The van der Waals surface area contributed by atoms with Crippen LogP contribution in [0.5, 0.6) is 5.75 Å². The molecule has 1 aliphatic heterocycles. The summed E-state index contributed by atoms with van der Waals surface area (Å²) in [7, 11) is 0. The molecular weight excluding hydrogens is 404 g/mol. The molecule has 2 aromatic carbocycles. The molecule has 0 aliphatic carbocycles. The predicted molar refractivity (Wildman–Crippen MR) is 87.5 cm³/mol. The number of ether oxygens (including phenoxy) is 2. The largest absolute Gasteiger partial charge is 0.540 e. The van der Waals surface area contributed by atoms with Crippen molar-refractivity contribution in [1.29, 1.82) is 5.26 Å². The van der Waals surface area contributed by atoms with Crippen LogP contribution < -0.4 is 4.74 Å². The summed E-state index contributed by atoms with van der Waals surface area (Å²) in [5.41, 5.74) is 0.495. The third-order valence-corrected chi connectivity index (χ3v) is 4.15. The number of nitrogens with one attached hydrogen (secondary N) is 1. The Morgan fingerprint density at radius 3 is 2.54 bits per heavy atom. The molecule has 4 rings (SSSR count). The molecule has 0 amide bonds. The zero-order valence-electron chi connectivity index (χ0n) is 13.5. The standard InChI is InChI=1S/C17H7ClF4N4O2/c18-11-4-9(3-10(5-11)15-13(7-23)24-26-25-15)8-1-2-14-12(6-8)16(19,20)28-17(21,22)27-14/h1-6H,(H,24,25,26). The number of H-pyrrole nitrogens is 1. The van der Waals surface area contributed by atoms with Gasteiger partial charge in [-0.25, -0.2) is 9.84 Å². The van der Waals surface area contributed by atoms with Gasteiger partial charge in [0.1, 0.15) is 17.5 Å². The van der Waals surface area contributed by atoms with Crippen molar-refractivity contribution in [3.8, 4) is 34.2 Å². The maximum atomic E-state index is 14.0. The highest BCUT2D eigenvalue weighted by Gasteiger charge is 2.54. The summed E-state index contributed by atoms with van der Waals surface area (Å²) < 4.78 is 61.9. The van der Waals surface area contributed by atoms with Crippen LogP contribution >= 0.6 is 11.6 Å². The zero-order chi connectivity index (χ0) is 20.1. The van der Waals surface area contributed by atoms with E-state index in [9.17, 15) is 17.6 Å². The van der Waals surface area contributed by atoms with Gasteiger partial charge in [0.15, 0.2) is 5.69 Å². The van der Waals surface area contributed by atoms with E-state index in [0.717, 1.165) is 12.1 Å². The van der Waals surface area contributed by atoms with Gasteiger partial charge < -0.3 is 4.74 Å². The fourth-order valence-corrected chi connectivity index (χ4v) is 3.02. The van der Waals surface area contributed by atoms with Gasteiger partial charge >= 0.3 is 12.4 Å². The topological polar surface area (TPSA) is 83.8 Å². The van der Waals surface area contributed by atoms with Crippen LogP contribution in [0.3, 0.4) is 0 Å². The van der Waals surface area contributed by atoms with Gasteiger partial charge in [-0.2, -0.15) is 14.0 Å². The van der Waals surface area contributed by atoms with Crippen molar-refractivity contribution in [3.63, 3.8) is 0 Å². The summed E-state index contributed by atoms with van der Waals surface area (Å²) in [5.74, 6) is -0.699. The Bertz CT molecular complexity index is 1130. The van der Waals surface area contributed by atoms with Gasteiger partial charge in [-0.3, -0.25) is 0 Å². The lowest BCUT2D eigenvalue weighted by Crippen LogP contribution is -2.41. The van der Waals surface area contributed by atoms with E-state index in [1.807, 2.05) is 6.07 Å². The Balaban J connectivity index is 1.82. The highest BCUT2D eigenvalue weighted by molar-refractivity contribution is 6.31. The van der Waals surface area contributed by atoms with Crippen molar-refractivity contribution in [2.24, 2.45) is 0 Å². The lowest BCUT2D eigenvalue weighted by atomic mass is 9.98. The normalized spacial score (nSPS) is 16.7. The summed E-state index contributed by atoms with van der Waals surface area (Å²) in [6.45, 7) is 0. The fraction of sp³-hybridized carbons (Fsp3) is 0.118. The Hall–Kier alpha value is -3.16. The minimum atomic E-state index is -4.44. The maximum Gasteiger partial charge on any atom is 0.540 e. The van der Waals surface area contributed by atoms with E-state index < -0.39 is 23.7 Å². The van der Waals surface area contributed by atoms with Gasteiger partial charge in [0.05, 0.1) is 5.56 Å². The first-order valence-electron chi connectivity index (χ1n) is 7.60. The first-order chi connectivity index (χ1) is 13.2. The van der Waals surface area contributed by atoms with Crippen LogP contribution in [-0.2, 0) is 10.8 Å². The van der Waals surface area contributed by atoms with E-state index >= 15 is 0 Å². The first-order valence-corrected chi connectivity index (χ1v) is 7.98. The van der Waals surface area contributed by atoms with E-state index in [1.165, 1.54) is 18.2 Å². The first kappa shape index (κ1) is 18.2. The van der Waals surface area contributed by atoms with Crippen molar-refractivity contribution in [2.75, 3.05) is 0 Å². The van der Waals surface area contributed by atoms with Crippen LogP contribution in [0.15, 0.2) is 36.4 Å². The molecule has 1 aromatic heterocycles. The number of aromatic amines is 1. The second-order valence-corrected chi connectivity index (χ2v) is 6.21. The van der Waals surface area contributed by atoms with Crippen LogP contribution in [-0.4, -0.2) is 21.7 Å². The highest BCUT2D eigenvalue weighted by Crippen LogP contribution is 2.47. The Labute approximate surface area is 159 Å². The number of hydrogen-bond donors (Lipinski definition) is 1. The SMILES string of the molecule is N#Cc1[nH]nnc1-c1cc(Cl)cc(-c2ccc3c(c2)C(F)(F)OC(F)(F)O3)c1. The molecular formula is C17H7ClF4N4O2. The number of nitriles is 1. The molecule has 0 saturated carbocycles. The average Bonchev–Trinajstić information content (AvgIpc) is 3.08. The molecule has 28 heavy (non-hydrogen) atoms. The molecule has 1 aliphatic rings. The van der Waals surface area contributed by atoms with Gasteiger partial charge in [0.2, 0.25) is 0 Å². The molecule has 0 saturated heterocycles. The van der Waals surface area contributed by atoms with E-state index in [4.69, 9.17) is 16.9 Å². The number of aromatic nitrogens is 3. The highest BCUT2D eigenvalue weighted by atomic mass is 35.5. The quantitative estimate of drug-likeness (QED) is 0.620. The fourth-order valence-electron chi connectivity index (χ4n) is 2.78. The van der Waals surface area contributed by atoms with Crippen LogP contribution in [0.25, 0.3) is 22.4 Å². The number of rotatable bonds is 2. The van der Waals surface area contributed by atoms with Crippen LogP contribution in [0, 0.1) is 11.3 Å². The molecule has 3 aromatic rings. The second-order valence-electron chi connectivity index (χ2n) is 5.77. The summed E-state index contributed by atoms with van der Waals surface area (Å²) in [4.78, 5) is 0. The van der Waals surface area contributed by atoms with Crippen LogP contribution in [0.1, 0.15) is 11.3 Å². The number of hydrogen-bond acceptors (Lipinski definition) is 5. The monoisotopic (exact) mass is 410 g/mol. The van der Waals surface area contributed by atoms with Crippen molar-refractivity contribution >= 4 is 11.6 Å². The third-order valence-electron chi connectivity index (χ3n) is 3.93. The van der Waals surface area contributed by atoms with E-state index in [0.29, 0.717) is 11.1 Å². The lowest BCUT2D eigenvalue weighted by molar-refractivity contribution is -0.461. The van der Waals surface area contributed by atoms with Gasteiger partial charge in [0, 0.05) is 10.6 Å². The molecule has 142 valence electrons. The van der Waals surface area contributed by atoms with Crippen molar-refractivity contribution < 1.29 is 27.0 Å². The van der Waals surface area contributed by atoms with E-state index in [1.54, 1.807) is 6.07 Å². The molecule has 6 nitrogen and oxygen atoms in total. The summed E-state index contributed by atoms with van der Waals surface area (Å²) >= 11 is 6.11. The minimum absolute atomic E-state index is 0.0919. The number of alkyl halides is 4. The summed E-state index contributed by atoms with van der Waals surface area (Å²) in [5, 5.41) is 19.1. The minimum Gasteiger partial charge on any atom is -0.409 e. The molecule has 0 spiro atoms. The molecule has 0 radical (unpaired) electrons. The Morgan fingerprint density at radius 1 is 1.04 bits per heavy atom. The second kappa shape index (κ2) is 6.19. The smallest absolute Gasteiger partial charge is 0.409 e. The van der Waals surface area contributed by atoms with Crippen LogP contribution in [0.2, 0.25) is 5.02 Å². The summed E-state index contributed by atoms with van der Waals surface area (Å²) in [6.07, 6.45) is -8.70. The maximum absolute atomic E-state index is 14.0. The molecule has 0 unspecified atom stereocenters.